The van der Waals surface area contributed by atoms with Crippen molar-refractivity contribution in [2.75, 3.05) is 4.90 Å². The number of anilines is 1. The Bertz CT molecular complexity index is 1250. The standard InChI is InChI=1S/C24H19F4N3O2/c1-24(29)17-7-6-13(22(32)30-11-16-19(27)9-15(25)10-20(16)28)8-21(17)31(23(24)33)12-14-4-2-3-5-18(14)26/h2-10H,11-12,29H2,1H3,(H,30,32). The summed E-state index contributed by atoms with van der Waals surface area (Å²) in [6, 6.07) is 11.4. The van der Waals surface area contributed by atoms with Gasteiger partial charge in [0.1, 0.15) is 28.8 Å². The number of nitrogens with one attached hydrogen (secondary N) is 1. The Morgan fingerprint density at radius 1 is 1.00 bits per heavy atom. The molecule has 170 valence electrons. The van der Waals surface area contributed by atoms with Gasteiger partial charge in [0.2, 0.25) is 0 Å². The molecule has 9 heteroatoms. The molecule has 0 fully saturated rings. The molecule has 0 bridgehead atoms. The molecule has 3 N–H and O–H groups in total. The van der Waals surface area contributed by atoms with Crippen molar-refractivity contribution < 1.29 is 27.2 Å². The fourth-order valence-corrected chi connectivity index (χ4v) is 3.81. The molecule has 0 spiro atoms. The molecule has 1 unspecified atom stereocenters. The molecule has 0 saturated heterocycles. The summed E-state index contributed by atoms with van der Waals surface area (Å²) in [5, 5.41) is 2.38. The molecular weight excluding hydrogens is 438 g/mol. The van der Waals surface area contributed by atoms with Crippen molar-refractivity contribution in [2.45, 2.75) is 25.6 Å². The Morgan fingerprint density at radius 3 is 2.33 bits per heavy atom. The minimum atomic E-state index is -1.38. The molecule has 1 heterocycles. The predicted molar refractivity (Wildman–Crippen MR) is 113 cm³/mol. The molecular formula is C24H19F4N3O2. The summed E-state index contributed by atoms with van der Waals surface area (Å²) in [4.78, 5) is 26.9. The Morgan fingerprint density at radius 2 is 1.67 bits per heavy atom. The number of halogens is 4. The number of hydrogen-bond donors (Lipinski definition) is 2. The van der Waals surface area contributed by atoms with E-state index in [1.807, 2.05) is 0 Å². The zero-order valence-corrected chi connectivity index (χ0v) is 17.5. The molecule has 3 aromatic carbocycles. The summed E-state index contributed by atoms with van der Waals surface area (Å²) in [5.74, 6) is -4.94. The molecule has 2 amide bonds. The van der Waals surface area contributed by atoms with Crippen molar-refractivity contribution in [1.29, 1.82) is 0 Å². The van der Waals surface area contributed by atoms with Crippen molar-refractivity contribution in [3.63, 3.8) is 0 Å². The second-order valence-electron chi connectivity index (χ2n) is 7.95. The van der Waals surface area contributed by atoms with Crippen LogP contribution in [0.3, 0.4) is 0 Å². The van der Waals surface area contributed by atoms with Crippen LogP contribution >= 0.6 is 0 Å². The number of carbonyl (C=O) groups is 2. The van der Waals surface area contributed by atoms with Gasteiger partial charge in [-0.1, -0.05) is 24.3 Å². The predicted octanol–water partition coefficient (Wildman–Crippen LogP) is 3.89. The quantitative estimate of drug-likeness (QED) is 0.571. The van der Waals surface area contributed by atoms with Crippen LogP contribution in [0.5, 0.6) is 0 Å². The Balaban J connectivity index is 1.61. The number of amides is 2. The lowest BCUT2D eigenvalue weighted by Crippen LogP contribution is -2.44. The maximum absolute atomic E-state index is 14.2. The summed E-state index contributed by atoms with van der Waals surface area (Å²) in [7, 11) is 0. The highest BCUT2D eigenvalue weighted by molar-refractivity contribution is 6.08. The maximum Gasteiger partial charge on any atom is 0.251 e. The van der Waals surface area contributed by atoms with Gasteiger partial charge >= 0.3 is 0 Å². The van der Waals surface area contributed by atoms with E-state index >= 15 is 0 Å². The highest BCUT2D eigenvalue weighted by atomic mass is 19.1. The lowest BCUT2D eigenvalue weighted by molar-refractivity contribution is -0.122. The summed E-state index contributed by atoms with van der Waals surface area (Å²) in [5.41, 5.74) is 5.51. The maximum atomic E-state index is 14.2. The van der Waals surface area contributed by atoms with Gasteiger partial charge in [-0.05, 0) is 25.1 Å². The first-order chi connectivity index (χ1) is 15.6. The van der Waals surface area contributed by atoms with Crippen LogP contribution in [0.15, 0.2) is 54.6 Å². The van der Waals surface area contributed by atoms with Crippen molar-refractivity contribution in [3.05, 3.63) is 100 Å². The lowest BCUT2D eigenvalue weighted by Gasteiger charge is -2.20. The van der Waals surface area contributed by atoms with Crippen LogP contribution in [-0.4, -0.2) is 11.8 Å². The average molecular weight is 457 g/mol. The van der Waals surface area contributed by atoms with Gasteiger partial charge in [0, 0.05) is 40.9 Å². The minimum Gasteiger partial charge on any atom is -0.348 e. The van der Waals surface area contributed by atoms with Crippen LogP contribution in [0.25, 0.3) is 0 Å². The van der Waals surface area contributed by atoms with Gasteiger partial charge in [-0.2, -0.15) is 0 Å². The average Bonchev–Trinajstić information content (AvgIpc) is 2.94. The van der Waals surface area contributed by atoms with E-state index in [9.17, 15) is 27.2 Å². The second kappa shape index (κ2) is 8.32. The third-order valence-electron chi connectivity index (χ3n) is 5.62. The van der Waals surface area contributed by atoms with E-state index in [4.69, 9.17) is 5.73 Å². The van der Waals surface area contributed by atoms with Crippen LogP contribution in [0.1, 0.15) is 34.0 Å². The molecule has 4 rings (SSSR count). The number of rotatable bonds is 5. The summed E-state index contributed by atoms with van der Waals surface area (Å²) < 4.78 is 54.9. The summed E-state index contributed by atoms with van der Waals surface area (Å²) in [6.07, 6.45) is 0. The van der Waals surface area contributed by atoms with Crippen LogP contribution < -0.4 is 16.0 Å². The van der Waals surface area contributed by atoms with E-state index < -0.39 is 52.7 Å². The molecule has 5 nitrogen and oxygen atoms in total. The van der Waals surface area contributed by atoms with Gasteiger partial charge in [-0.25, -0.2) is 17.6 Å². The molecule has 1 atom stereocenters. The molecule has 0 saturated carbocycles. The number of fused-ring (bicyclic) bond motifs is 1. The van der Waals surface area contributed by atoms with Gasteiger partial charge < -0.3 is 16.0 Å². The summed E-state index contributed by atoms with van der Waals surface area (Å²) in [6.45, 7) is 0.915. The number of carbonyl (C=O) groups excluding carboxylic acids is 2. The van der Waals surface area contributed by atoms with Crippen LogP contribution in [-0.2, 0) is 23.4 Å². The SMILES string of the molecule is CC1(N)C(=O)N(Cc2ccccc2F)c2cc(C(=O)NCc3c(F)cc(F)cc3F)ccc21. The molecule has 0 radical (unpaired) electrons. The number of hydrogen-bond acceptors (Lipinski definition) is 3. The summed E-state index contributed by atoms with van der Waals surface area (Å²) >= 11 is 0. The monoisotopic (exact) mass is 457 g/mol. The van der Waals surface area contributed by atoms with Crippen LogP contribution in [0, 0.1) is 23.3 Å². The van der Waals surface area contributed by atoms with Crippen molar-refractivity contribution in [2.24, 2.45) is 5.73 Å². The molecule has 0 aliphatic carbocycles. The zero-order chi connectivity index (χ0) is 23.9. The van der Waals surface area contributed by atoms with E-state index in [-0.39, 0.29) is 17.7 Å². The molecule has 1 aliphatic heterocycles. The third-order valence-corrected chi connectivity index (χ3v) is 5.62. The van der Waals surface area contributed by atoms with E-state index in [2.05, 4.69) is 5.32 Å². The van der Waals surface area contributed by atoms with Gasteiger partial charge in [-0.3, -0.25) is 9.59 Å². The highest BCUT2D eigenvalue weighted by Gasteiger charge is 2.45. The molecule has 1 aliphatic rings. The smallest absolute Gasteiger partial charge is 0.251 e. The second-order valence-corrected chi connectivity index (χ2v) is 7.95. The zero-order valence-electron chi connectivity index (χ0n) is 17.5. The van der Waals surface area contributed by atoms with Crippen LogP contribution in [0.4, 0.5) is 23.2 Å². The largest absolute Gasteiger partial charge is 0.348 e. The Labute approximate surface area is 186 Å². The Hall–Kier alpha value is -3.72. The fraction of sp³-hybridized carbons (Fsp3) is 0.167. The first-order valence-corrected chi connectivity index (χ1v) is 10.00. The molecule has 3 aromatic rings. The fourth-order valence-electron chi connectivity index (χ4n) is 3.81. The normalized spacial score (nSPS) is 17.3. The van der Waals surface area contributed by atoms with Crippen molar-refractivity contribution in [1.82, 2.24) is 5.32 Å². The van der Waals surface area contributed by atoms with E-state index in [0.717, 1.165) is 0 Å². The van der Waals surface area contributed by atoms with Crippen molar-refractivity contribution in [3.8, 4) is 0 Å². The number of benzene rings is 3. The molecule has 0 aromatic heterocycles. The van der Waals surface area contributed by atoms with Crippen LogP contribution in [0.2, 0.25) is 0 Å². The highest BCUT2D eigenvalue weighted by Crippen LogP contribution is 2.40. The Kier molecular flexibility index (Phi) is 5.67. The van der Waals surface area contributed by atoms with Crippen molar-refractivity contribution >= 4 is 17.5 Å². The number of nitrogens with two attached hydrogens (primary N) is 1. The van der Waals surface area contributed by atoms with Gasteiger partial charge in [-0.15, -0.1) is 0 Å². The van der Waals surface area contributed by atoms with Gasteiger partial charge in [0.25, 0.3) is 11.8 Å². The lowest BCUT2D eigenvalue weighted by atomic mass is 9.94. The van der Waals surface area contributed by atoms with E-state index in [1.165, 1.54) is 48.2 Å². The van der Waals surface area contributed by atoms with Gasteiger partial charge in [0.05, 0.1) is 12.2 Å². The van der Waals surface area contributed by atoms with E-state index in [0.29, 0.717) is 23.4 Å². The first-order valence-electron chi connectivity index (χ1n) is 10.00. The molecule has 33 heavy (non-hydrogen) atoms. The minimum absolute atomic E-state index is 0.0949. The number of nitrogens with zero attached hydrogens (tertiary/aromatic N) is 1. The topological polar surface area (TPSA) is 75.4 Å². The first kappa shape index (κ1) is 22.5. The van der Waals surface area contributed by atoms with E-state index in [1.54, 1.807) is 6.07 Å². The van der Waals surface area contributed by atoms with Gasteiger partial charge in [0.15, 0.2) is 0 Å². The third kappa shape index (κ3) is 4.07.